The van der Waals surface area contributed by atoms with E-state index in [1.165, 1.54) is 19.3 Å². The summed E-state index contributed by atoms with van der Waals surface area (Å²) in [5, 5.41) is 0. The molecule has 3 atom stereocenters. The Bertz CT molecular complexity index is 282. The molecule has 3 rings (SSSR count). The fraction of sp³-hybridized carbons (Fsp3) is 0.923. The van der Waals surface area contributed by atoms with Gasteiger partial charge >= 0.3 is 0 Å². The van der Waals surface area contributed by atoms with Gasteiger partial charge in [0.2, 0.25) is 5.91 Å². The SMILES string of the molecule is COCC1CCN(C(=O)C2CC3CC3C2)C1. The third-order valence-electron chi connectivity index (χ3n) is 4.59. The van der Waals surface area contributed by atoms with E-state index in [1.807, 2.05) is 0 Å². The van der Waals surface area contributed by atoms with Crippen LogP contribution < -0.4 is 0 Å². The van der Waals surface area contributed by atoms with E-state index in [0.717, 1.165) is 38.0 Å². The molecule has 3 heteroatoms. The van der Waals surface area contributed by atoms with Gasteiger partial charge in [0, 0.05) is 32.0 Å². The maximum absolute atomic E-state index is 12.2. The third kappa shape index (κ3) is 1.86. The Hall–Kier alpha value is -0.570. The molecule has 0 aromatic carbocycles. The monoisotopic (exact) mass is 223 g/mol. The van der Waals surface area contributed by atoms with Gasteiger partial charge in [-0.3, -0.25) is 4.79 Å². The van der Waals surface area contributed by atoms with Gasteiger partial charge in [-0.25, -0.2) is 0 Å². The summed E-state index contributed by atoms with van der Waals surface area (Å²) < 4.78 is 5.17. The number of rotatable bonds is 3. The fourth-order valence-corrected chi connectivity index (χ4v) is 3.58. The highest BCUT2D eigenvalue weighted by Gasteiger charge is 2.49. The van der Waals surface area contributed by atoms with Gasteiger partial charge in [0.1, 0.15) is 0 Å². The average molecular weight is 223 g/mol. The average Bonchev–Trinajstić information content (AvgIpc) is 2.74. The van der Waals surface area contributed by atoms with Gasteiger partial charge in [-0.1, -0.05) is 0 Å². The number of likely N-dealkylation sites (tertiary alicyclic amines) is 1. The van der Waals surface area contributed by atoms with Crippen LogP contribution in [0, 0.1) is 23.7 Å². The predicted octanol–water partition coefficient (Wildman–Crippen LogP) is 1.53. The van der Waals surface area contributed by atoms with Crippen molar-refractivity contribution in [2.75, 3.05) is 26.8 Å². The van der Waals surface area contributed by atoms with Crippen molar-refractivity contribution in [3.63, 3.8) is 0 Å². The normalized spacial score (nSPS) is 41.2. The number of fused-ring (bicyclic) bond motifs is 1. The Kier molecular flexibility index (Phi) is 2.66. The second kappa shape index (κ2) is 4.02. The van der Waals surface area contributed by atoms with E-state index in [9.17, 15) is 4.79 Å². The van der Waals surface area contributed by atoms with Crippen molar-refractivity contribution in [1.82, 2.24) is 4.90 Å². The van der Waals surface area contributed by atoms with E-state index in [1.54, 1.807) is 7.11 Å². The topological polar surface area (TPSA) is 29.5 Å². The lowest BCUT2D eigenvalue weighted by Crippen LogP contribution is -2.34. The number of amides is 1. The summed E-state index contributed by atoms with van der Waals surface area (Å²) in [6.45, 7) is 2.69. The number of carbonyl (C=O) groups excluding carboxylic acids is 1. The number of methoxy groups -OCH3 is 1. The Morgan fingerprint density at radius 2 is 2.06 bits per heavy atom. The molecular formula is C13H21NO2. The zero-order chi connectivity index (χ0) is 11.1. The quantitative estimate of drug-likeness (QED) is 0.726. The summed E-state index contributed by atoms with van der Waals surface area (Å²) in [4.78, 5) is 14.3. The molecule has 3 aliphatic rings. The lowest BCUT2D eigenvalue weighted by Gasteiger charge is -2.21. The molecule has 16 heavy (non-hydrogen) atoms. The molecule has 0 spiro atoms. The van der Waals surface area contributed by atoms with Gasteiger partial charge in [-0.05, 0) is 37.5 Å². The van der Waals surface area contributed by atoms with Gasteiger partial charge in [0.25, 0.3) is 0 Å². The molecule has 0 N–H and O–H groups in total. The summed E-state index contributed by atoms with van der Waals surface area (Å²) >= 11 is 0. The molecule has 3 fully saturated rings. The van der Waals surface area contributed by atoms with E-state index in [4.69, 9.17) is 4.74 Å². The first-order chi connectivity index (χ1) is 7.78. The maximum atomic E-state index is 12.2. The fourth-order valence-electron chi connectivity index (χ4n) is 3.58. The van der Waals surface area contributed by atoms with Crippen LogP contribution in [-0.4, -0.2) is 37.6 Å². The molecule has 0 aromatic heterocycles. The molecule has 1 aliphatic heterocycles. The van der Waals surface area contributed by atoms with Crippen LogP contribution in [0.25, 0.3) is 0 Å². The number of hydrogen-bond acceptors (Lipinski definition) is 2. The summed E-state index contributed by atoms with van der Waals surface area (Å²) in [6.07, 6.45) is 4.87. The minimum absolute atomic E-state index is 0.366. The molecule has 1 heterocycles. The van der Waals surface area contributed by atoms with E-state index in [0.29, 0.717) is 17.7 Å². The van der Waals surface area contributed by atoms with Crippen LogP contribution in [0.3, 0.4) is 0 Å². The van der Waals surface area contributed by atoms with Gasteiger partial charge in [0.15, 0.2) is 0 Å². The van der Waals surface area contributed by atoms with Gasteiger partial charge < -0.3 is 9.64 Å². The van der Waals surface area contributed by atoms with Crippen LogP contribution >= 0.6 is 0 Å². The van der Waals surface area contributed by atoms with Crippen LogP contribution in [0.15, 0.2) is 0 Å². The van der Waals surface area contributed by atoms with Crippen LogP contribution in [0.2, 0.25) is 0 Å². The smallest absolute Gasteiger partial charge is 0.225 e. The highest BCUT2D eigenvalue weighted by Crippen LogP contribution is 2.54. The summed E-state index contributed by atoms with van der Waals surface area (Å²) in [5.74, 6) is 3.19. The molecular weight excluding hydrogens is 202 g/mol. The summed E-state index contributed by atoms with van der Waals surface area (Å²) in [5.41, 5.74) is 0. The minimum atomic E-state index is 0.366. The molecule has 0 radical (unpaired) electrons. The number of hydrogen-bond donors (Lipinski definition) is 0. The van der Waals surface area contributed by atoms with Crippen molar-refractivity contribution in [2.24, 2.45) is 23.7 Å². The van der Waals surface area contributed by atoms with Crippen molar-refractivity contribution >= 4 is 5.91 Å². The second-order valence-electron chi connectivity index (χ2n) is 5.82. The molecule has 0 bridgehead atoms. The second-order valence-corrected chi connectivity index (χ2v) is 5.82. The van der Waals surface area contributed by atoms with Gasteiger partial charge in [-0.15, -0.1) is 0 Å². The Morgan fingerprint density at radius 3 is 2.75 bits per heavy atom. The zero-order valence-corrected chi connectivity index (χ0v) is 10.0. The number of nitrogens with zero attached hydrogens (tertiary/aromatic N) is 1. The third-order valence-corrected chi connectivity index (χ3v) is 4.59. The van der Waals surface area contributed by atoms with Gasteiger partial charge in [0.05, 0.1) is 6.61 Å². The van der Waals surface area contributed by atoms with Crippen LogP contribution in [0.5, 0.6) is 0 Å². The first-order valence-electron chi connectivity index (χ1n) is 6.55. The summed E-state index contributed by atoms with van der Waals surface area (Å²) in [7, 11) is 1.75. The highest BCUT2D eigenvalue weighted by atomic mass is 16.5. The largest absolute Gasteiger partial charge is 0.384 e. The molecule has 90 valence electrons. The molecule has 3 unspecified atom stereocenters. The Labute approximate surface area is 97.1 Å². The molecule has 2 saturated carbocycles. The van der Waals surface area contributed by atoms with Crippen molar-refractivity contribution < 1.29 is 9.53 Å². The van der Waals surface area contributed by atoms with E-state index >= 15 is 0 Å². The van der Waals surface area contributed by atoms with Gasteiger partial charge in [-0.2, -0.15) is 0 Å². The van der Waals surface area contributed by atoms with Crippen LogP contribution in [0.1, 0.15) is 25.7 Å². The highest BCUT2D eigenvalue weighted by molar-refractivity contribution is 5.79. The Balaban J connectivity index is 1.52. The first kappa shape index (κ1) is 10.6. The van der Waals surface area contributed by atoms with E-state index in [-0.39, 0.29) is 0 Å². The molecule has 3 nitrogen and oxygen atoms in total. The molecule has 0 aromatic rings. The minimum Gasteiger partial charge on any atom is -0.384 e. The number of carbonyl (C=O) groups is 1. The number of ether oxygens (including phenoxy) is 1. The van der Waals surface area contributed by atoms with Crippen molar-refractivity contribution in [3.8, 4) is 0 Å². The zero-order valence-electron chi connectivity index (χ0n) is 10.0. The lowest BCUT2D eigenvalue weighted by molar-refractivity contribution is -0.134. The van der Waals surface area contributed by atoms with E-state index in [2.05, 4.69) is 4.90 Å². The van der Waals surface area contributed by atoms with Crippen LogP contribution in [-0.2, 0) is 9.53 Å². The van der Waals surface area contributed by atoms with E-state index < -0.39 is 0 Å². The molecule has 1 saturated heterocycles. The standard InChI is InChI=1S/C13H21NO2/c1-16-8-9-2-3-14(7-9)13(15)12-5-10-4-11(10)6-12/h9-12H,2-8H2,1H3. The molecule has 1 amide bonds. The Morgan fingerprint density at radius 1 is 1.31 bits per heavy atom. The van der Waals surface area contributed by atoms with Crippen molar-refractivity contribution in [1.29, 1.82) is 0 Å². The van der Waals surface area contributed by atoms with Crippen LogP contribution in [0.4, 0.5) is 0 Å². The predicted molar refractivity (Wildman–Crippen MR) is 60.9 cm³/mol. The molecule has 2 aliphatic carbocycles. The maximum Gasteiger partial charge on any atom is 0.225 e. The van der Waals surface area contributed by atoms with Crippen molar-refractivity contribution in [2.45, 2.75) is 25.7 Å². The van der Waals surface area contributed by atoms with Crippen molar-refractivity contribution in [3.05, 3.63) is 0 Å². The lowest BCUT2D eigenvalue weighted by atomic mass is 10.0. The first-order valence-corrected chi connectivity index (χ1v) is 6.55. The summed E-state index contributed by atoms with van der Waals surface area (Å²) in [6, 6.07) is 0.